The Bertz CT molecular complexity index is 382. The molecule has 0 amide bonds. The van der Waals surface area contributed by atoms with E-state index in [1.165, 1.54) is 18.4 Å². The highest BCUT2D eigenvalue weighted by Gasteiger charge is 2.18. The van der Waals surface area contributed by atoms with Crippen molar-refractivity contribution in [2.24, 2.45) is 11.7 Å². The first-order valence-electron chi connectivity index (χ1n) is 6.05. The Labute approximate surface area is 113 Å². The maximum Gasteiger partial charge on any atom is 0.0595 e. The van der Waals surface area contributed by atoms with Gasteiger partial charge in [-0.05, 0) is 49.5 Å². The van der Waals surface area contributed by atoms with Gasteiger partial charge in [-0.25, -0.2) is 0 Å². The third-order valence-electron chi connectivity index (χ3n) is 3.33. The molecule has 0 bridgehead atoms. The van der Waals surface area contributed by atoms with E-state index in [1.54, 1.807) is 0 Å². The fourth-order valence-corrected chi connectivity index (χ4v) is 2.70. The molecule has 2 nitrogen and oxygen atoms in total. The Balaban J connectivity index is 1.97. The van der Waals surface area contributed by atoms with E-state index in [0.29, 0.717) is 16.0 Å². The van der Waals surface area contributed by atoms with Gasteiger partial charge < -0.3 is 5.73 Å². The molecule has 94 valence electrons. The summed E-state index contributed by atoms with van der Waals surface area (Å²) in [5, 5.41) is 1.26. The SMILES string of the molecule is NC[C@@H]1CCCN(Cc2ccc(Cl)c(Cl)c2)C1. The lowest BCUT2D eigenvalue weighted by molar-refractivity contribution is 0.171. The van der Waals surface area contributed by atoms with Gasteiger partial charge in [-0.3, -0.25) is 4.90 Å². The largest absolute Gasteiger partial charge is 0.330 e. The fraction of sp³-hybridized carbons (Fsp3) is 0.538. The molecule has 17 heavy (non-hydrogen) atoms. The van der Waals surface area contributed by atoms with Gasteiger partial charge in [-0.15, -0.1) is 0 Å². The predicted octanol–water partition coefficient (Wildman–Crippen LogP) is 3.16. The molecular weight excluding hydrogens is 255 g/mol. The molecule has 1 aromatic rings. The zero-order chi connectivity index (χ0) is 12.3. The van der Waals surface area contributed by atoms with Crippen LogP contribution in [0.25, 0.3) is 0 Å². The van der Waals surface area contributed by atoms with Crippen LogP contribution in [-0.2, 0) is 6.54 Å². The number of rotatable bonds is 3. The average Bonchev–Trinajstić information content (AvgIpc) is 2.34. The molecule has 1 saturated heterocycles. The molecular formula is C13H18Cl2N2. The minimum absolute atomic E-state index is 0.619. The summed E-state index contributed by atoms with van der Waals surface area (Å²) < 4.78 is 0. The zero-order valence-corrected chi connectivity index (χ0v) is 11.3. The van der Waals surface area contributed by atoms with E-state index >= 15 is 0 Å². The lowest BCUT2D eigenvalue weighted by atomic mass is 9.98. The standard InChI is InChI=1S/C13H18Cl2N2/c14-12-4-3-10(6-13(12)15)8-17-5-1-2-11(7-16)9-17/h3-4,6,11H,1-2,5,7-9,16H2/t11-/m0/s1. The second-order valence-electron chi connectivity index (χ2n) is 4.73. The van der Waals surface area contributed by atoms with Gasteiger partial charge in [0.1, 0.15) is 0 Å². The average molecular weight is 273 g/mol. The van der Waals surface area contributed by atoms with E-state index in [-0.39, 0.29) is 0 Å². The summed E-state index contributed by atoms with van der Waals surface area (Å²) in [6, 6.07) is 5.86. The Hall–Kier alpha value is -0.280. The minimum atomic E-state index is 0.619. The molecule has 0 spiro atoms. The van der Waals surface area contributed by atoms with E-state index in [1.807, 2.05) is 18.2 Å². The summed E-state index contributed by atoms with van der Waals surface area (Å²) in [5.41, 5.74) is 6.96. The number of nitrogens with zero attached hydrogens (tertiary/aromatic N) is 1. The molecule has 2 rings (SSSR count). The lowest BCUT2D eigenvalue weighted by Gasteiger charge is -2.32. The number of likely N-dealkylation sites (tertiary alicyclic amines) is 1. The smallest absolute Gasteiger partial charge is 0.0595 e. The molecule has 1 heterocycles. The molecule has 0 aromatic heterocycles. The Morgan fingerprint density at radius 1 is 1.29 bits per heavy atom. The van der Waals surface area contributed by atoms with Gasteiger partial charge >= 0.3 is 0 Å². The summed E-state index contributed by atoms with van der Waals surface area (Å²) in [5.74, 6) is 0.645. The Morgan fingerprint density at radius 3 is 2.82 bits per heavy atom. The Kier molecular flexibility index (Phi) is 4.69. The number of halogens is 2. The molecule has 0 aliphatic carbocycles. The molecule has 1 aromatic carbocycles. The quantitative estimate of drug-likeness (QED) is 0.916. The summed E-state index contributed by atoms with van der Waals surface area (Å²) >= 11 is 11.9. The van der Waals surface area contributed by atoms with Crippen LogP contribution in [0.1, 0.15) is 18.4 Å². The van der Waals surface area contributed by atoms with Crippen molar-refractivity contribution in [2.75, 3.05) is 19.6 Å². The first-order chi connectivity index (χ1) is 8.19. The highest BCUT2D eigenvalue weighted by atomic mass is 35.5. The van der Waals surface area contributed by atoms with Crippen molar-refractivity contribution >= 4 is 23.2 Å². The van der Waals surface area contributed by atoms with Crippen LogP contribution in [0, 0.1) is 5.92 Å². The molecule has 0 unspecified atom stereocenters. The number of hydrogen-bond donors (Lipinski definition) is 1. The number of benzene rings is 1. The van der Waals surface area contributed by atoms with Crippen molar-refractivity contribution in [3.05, 3.63) is 33.8 Å². The molecule has 1 aliphatic rings. The highest BCUT2D eigenvalue weighted by Crippen LogP contribution is 2.24. The minimum Gasteiger partial charge on any atom is -0.330 e. The number of hydrogen-bond acceptors (Lipinski definition) is 2. The van der Waals surface area contributed by atoms with E-state index in [0.717, 1.165) is 26.2 Å². The molecule has 1 atom stereocenters. The van der Waals surface area contributed by atoms with E-state index < -0.39 is 0 Å². The normalized spacial score (nSPS) is 21.7. The van der Waals surface area contributed by atoms with Crippen LogP contribution < -0.4 is 5.73 Å². The van der Waals surface area contributed by atoms with Crippen molar-refractivity contribution < 1.29 is 0 Å². The topological polar surface area (TPSA) is 29.3 Å². The van der Waals surface area contributed by atoms with Crippen molar-refractivity contribution in [1.29, 1.82) is 0 Å². The van der Waals surface area contributed by atoms with E-state index in [4.69, 9.17) is 28.9 Å². The molecule has 1 fully saturated rings. The first-order valence-corrected chi connectivity index (χ1v) is 6.81. The van der Waals surface area contributed by atoms with Crippen molar-refractivity contribution in [3.63, 3.8) is 0 Å². The monoisotopic (exact) mass is 272 g/mol. The van der Waals surface area contributed by atoms with Gasteiger partial charge in [0.2, 0.25) is 0 Å². The third kappa shape index (κ3) is 3.59. The summed E-state index contributed by atoms with van der Waals surface area (Å²) in [4.78, 5) is 2.45. The number of piperidine rings is 1. The third-order valence-corrected chi connectivity index (χ3v) is 4.07. The van der Waals surface area contributed by atoms with Crippen LogP contribution in [-0.4, -0.2) is 24.5 Å². The van der Waals surface area contributed by atoms with Crippen molar-refractivity contribution in [3.8, 4) is 0 Å². The molecule has 1 aliphatic heterocycles. The van der Waals surface area contributed by atoms with Crippen LogP contribution >= 0.6 is 23.2 Å². The molecule has 2 N–H and O–H groups in total. The van der Waals surface area contributed by atoms with Crippen molar-refractivity contribution in [2.45, 2.75) is 19.4 Å². The van der Waals surface area contributed by atoms with Gasteiger partial charge in [0.05, 0.1) is 10.0 Å². The predicted molar refractivity (Wildman–Crippen MR) is 73.5 cm³/mol. The first kappa shape index (κ1) is 13.2. The van der Waals surface area contributed by atoms with Gasteiger partial charge in [0, 0.05) is 13.1 Å². The van der Waals surface area contributed by atoms with Crippen LogP contribution in [0.4, 0.5) is 0 Å². The highest BCUT2D eigenvalue weighted by molar-refractivity contribution is 6.42. The van der Waals surface area contributed by atoms with Gasteiger partial charge in [0.15, 0.2) is 0 Å². The fourth-order valence-electron chi connectivity index (χ4n) is 2.38. The molecule has 4 heteroatoms. The van der Waals surface area contributed by atoms with Crippen molar-refractivity contribution in [1.82, 2.24) is 4.90 Å². The van der Waals surface area contributed by atoms with Gasteiger partial charge in [0.25, 0.3) is 0 Å². The molecule has 0 saturated carbocycles. The van der Waals surface area contributed by atoms with E-state index in [9.17, 15) is 0 Å². The second kappa shape index (κ2) is 6.05. The molecule has 0 radical (unpaired) electrons. The maximum atomic E-state index is 6.02. The lowest BCUT2D eigenvalue weighted by Crippen LogP contribution is -2.37. The van der Waals surface area contributed by atoms with Crippen LogP contribution in [0.15, 0.2) is 18.2 Å². The summed E-state index contributed by atoms with van der Waals surface area (Å²) in [6.07, 6.45) is 2.50. The van der Waals surface area contributed by atoms with Crippen LogP contribution in [0.2, 0.25) is 10.0 Å². The maximum absolute atomic E-state index is 6.02. The number of nitrogens with two attached hydrogens (primary N) is 1. The van der Waals surface area contributed by atoms with Crippen LogP contribution in [0.3, 0.4) is 0 Å². The van der Waals surface area contributed by atoms with Gasteiger partial charge in [-0.1, -0.05) is 29.3 Å². The zero-order valence-electron chi connectivity index (χ0n) is 9.83. The summed E-state index contributed by atoms with van der Waals surface area (Å²) in [6.45, 7) is 3.97. The van der Waals surface area contributed by atoms with E-state index in [2.05, 4.69) is 4.90 Å². The Morgan fingerprint density at radius 2 is 2.12 bits per heavy atom. The summed E-state index contributed by atoms with van der Waals surface area (Å²) in [7, 11) is 0. The van der Waals surface area contributed by atoms with Crippen LogP contribution in [0.5, 0.6) is 0 Å². The second-order valence-corrected chi connectivity index (χ2v) is 5.54. The van der Waals surface area contributed by atoms with Gasteiger partial charge in [-0.2, -0.15) is 0 Å².